The molecule has 1 aliphatic carbocycles. The molecule has 1 fully saturated rings. The van der Waals surface area contributed by atoms with Crippen LogP contribution in [0.1, 0.15) is 48.2 Å². The highest BCUT2D eigenvalue weighted by atomic mass is 16.2. The number of nitriles is 1. The van der Waals surface area contributed by atoms with Gasteiger partial charge in [0, 0.05) is 18.2 Å². The third-order valence-corrected chi connectivity index (χ3v) is 5.40. The highest BCUT2D eigenvalue weighted by molar-refractivity contribution is 5.91. The van der Waals surface area contributed by atoms with Gasteiger partial charge >= 0.3 is 0 Å². The molecule has 0 aliphatic heterocycles. The predicted octanol–water partition coefficient (Wildman–Crippen LogP) is 2.06. The van der Waals surface area contributed by atoms with Crippen molar-refractivity contribution in [1.29, 1.82) is 5.26 Å². The van der Waals surface area contributed by atoms with E-state index in [4.69, 9.17) is 11.5 Å². The van der Waals surface area contributed by atoms with Crippen LogP contribution in [0.2, 0.25) is 0 Å². The minimum absolute atomic E-state index is 0.216. The number of aromatic nitrogens is 1. The van der Waals surface area contributed by atoms with Crippen LogP contribution in [0.5, 0.6) is 0 Å². The number of hydrogen-bond acceptors (Lipinski definition) is 5. The SMILES string of the molecule is N#C[C@H](Cc1ccc(-c2ccc(C(N)=O)nc2)cc1)NC(=O)C1(N)CCCCC1. The summed E-state index contributed by atoms with van der Waals surface area (Å²) in [7, 11) is 0. The predicted molar refractivity (Wildman–Crippen MR) is 109 cm³/mol. The van der Waals surface area contributed by atoms with Gasteiger partial charge in [-0.15, -0.1) is 0 Å². The molecule has 2 amide bonds. The second-order valence-corrected chi connectivity index (χ2v) is 7.57. The Balaban J connectivity index is 1.64. The maximum atomic E-state index is 12.6. The summed E-state index contributed by atoms with van der Waals surface area (Å²) in [6.45, 7) is 0. The molecule has 3 rings (SSSR count). The third-order valence-electron chi connectivity index (χ3n) is 5.40. The van der Waals surface area contributed by atoms with E-state index in [2.05, 4.69) is 16.4 Å². The number of benzene rings is 1. The topological polar surface area (TPSA) is 135 Å². The Morgan fingerprint density at radius 3 is 2.31 bits per heavy atom. The third kappa shape index (κ3) is 4.98. The number of hydrogen-bond donors (Lipinski definition) is 3. The molecule has 1 atom stereocenters. The van der Waals surface area contributed by atoms with Crippen LogP contribution < -0.4 is 16.8 Å². The van der Waals surface area contributed by atoms with Crippen molar-refractivity contribution in [3.05, 3.63) is 53.9 Å². The van der Waals surface area contributed by atoms with E-state index in [-0.39, 0.29) is 11.6 Å². The second-order valence-electron chi connectivity index (χ2n) is 7.57. The number of pyridine rings is 1. The summed E-state index contributed by atoms with van der Waals surface area (Å²) in [6, 6.07) is 12.5. The number of primary amides is 1. The molecular formula is C22H25N5O2. The number of amides is 2. The van der Waals surface area contributed by atoms with Gasteiger partial charge < -0.3 is 16.8 Å². The first kappa shape index (κ1) is 20.5. The maximum absolute atomic E-state index is 12.6. The number of nitrogens with one attached hydrogen (secondary N) is 1. The standard InChI is InChI=1S/C22H25N5O2/c23-13-18(27-21(29)22(25)10-2-1-3-11-22)12-15-4-6-16(7-5-15)17-8-9-19(20(24)28)26-14-17/h4-9,14,18H,1-3,10-12,25H2,(H2,24,28)(H,27,29)/t18-/m0/s1. The van der Waals surface area contributed by atoms with E-state index in [9.17, 15) is 14.9 Å². The van der Waals surface area contributed by atoms with Crippen LogP contribution in [0.25, 0.3) is 11.1 Å². The molecule has 0 radical (unpaired) electrons. The summed E-state index contributed by atoms with van der Waals surface area (Å²) in [6.07, 6.45) is 6.30. The van der Waals surface area contributed by atoms with Crippen molar-refractivity contribution >= 4 is 11.8 Å². The molecule has 2 aromatic rings. The number of nitrogens with two attached hydrogens (primary N) is 2. The summed E-state index contributed by atoms with van der Waals surface area (Å²) in [5.74, 6) is -0.801. The fourth-order valence-corrected chi connectivity index (χ4v) is 3.62. The summed E-state index contributed by atoms with van der Waals surface area (Å²) in [4.78, 5) is 27.7. The van der Waals surface area contributed by atoms with Crippen molar-refractivity contribution in [2.75, 3.05) is 0 Å². The lowest BCUT2D eigenvalue weighted by molar-refractivity contribution is -0.127. The van der Waals surface area contributed by atoms with Gasteiger partial charge in [0.2, 0.25) is 5.91 Å². The molecule has 1 aromatic carbocycles. The van der Waals surface area contributed by atoms with Crippen molar-refractivity contribution in [2.45, 2.75) is 50.1 Å². The fourth-order valence-electron chi connectivity index (χ4n) is 3.62. The maximum Gasteiger partial charge on any atom is 0.267 e. The molecule has 0 spiro atoms. The largest absolute Gasteiger partial charge is 0.364 e. The second kappa shape index (κ2) is 8.84. The number of carbonyl (C=O) groups is 2. The van der Waals surface area contributed by atoms with Crippen LogP contribution in [0, 0.1) is 11.3 Å². The highest BCUT2D eigenvalue weighted by Gasteiger charge is 2.36. The van der Waals surface area contributed by atoms with E-state index < -0.39 is 17.5 Å². The highest BCUT2D eigenvalue weighted by Crippen LogP contribution is 2.26. The van der Waals surface area contributed by atoms with E-state index in [0.29, 0.717) is 19.3 Å². The molecule has 0 unspecified atom stereocenters. The first-order valence-corrected chi connectivity index (χ1v) is 9.76. The smallest absolute Gasteiger partial charge is 0.267 e. The Morgan fingerprint density at radius 1 is 1.10 bits per heavy atom. The first-order valence-electron chi connectivity index (χ1n) is 9.76. The van der Waals surface area contributed by atoms with E-state index >= 15 is 0 Å². The van der Waals surface area contributed by atoms with Crippen molar-refractivity contribution in [3.63, 3.8) is 0 Å². The molecule has 150 valence electrons. The van der Waals surface area contributed by atoms with Crippen molar-refractivity contribution < 1.29 is 9.59 Å². The van der Waals surface area contributed by atoms with Crippen molar-refractivity contribution in [1.82, 2.24) is 10.3 Å². The van der Waals surface area contributed by atoms with Gasteiger partial charge in [0.1, 0.15) is 11.7 Å². The van der Waals surface area contributed by atoms with Crippen LogP contribution in [-0.2, 0) is 11.2 Å². The summed E-state index contributed by atoms with van der Waals surface area (Å²) < 4.78 is 0. The van der Waals surface area contributed by atoms with E-state index in [1.165, 1.54) is 0 Å². The molecule has 0 bridgehead atoms. The molecule has 7 heteroatoms. The molecule has 5 N–H and O–H groups in total. The summed E-state index contributed by atoms with van der Waals surface area (Å²) in [5.41, 5.74) is 13.5. The van der Waals surface area contributed by atoms with Gasteiger partial charge in [0.15, 0.2) is 0 Å². The zero-order valence-electron chi connectivity index (χ0n) is 16.2. The summed E-state index contributed by atoms with van der Waals surface area (Å²) >= 11 is 0. The lowest BCUT2D eigenvalue weighted by Crippen LogP contribution is -2.57. The van der Waals surface area contributed by atoms with Gasteiger partial charge in [-0.2, -0.15) is 5.26 Å². The van der Waals surface area contributed by atoms with Crippen LogP contribution in [0.15, 0.2) is 42.6 Å². The molecule has 1 aromatic heterocycles. The zero-order valence-corrected chi connectivity index (χ0v) is 16.2. The minimum Gasteiger partial charge on any atom is -0.364 e. The van der Waals surface area contributed by atoms with Crippen LogP contribution in [0.4, 0.5) is 0 Å². The monoisotopic (exact) mass is 391 g/mol. The Morgan fingerprint density at radius 2 is 1.76 bits per heavy atom. The summed E-state index contributed by atoms with van der Waals surface area (Å²) in [5, 5.41) is 12.3. The Labute approximate surface area is 170 Å². The van der Waals surface area contributed by atoms with Gasteiger partial charge in [0.25, 0.3) is 5.91 Å². The van der Waals surface area contributed by atoms with Gasteiger partial charge in [-0.25, -0.2) is 0 Å². The fraction of sp³-hybridized carbons (Fsp3) is 0.364. The lowest BCUT2D eigenvalue weighted by Gasteiger charge is -2.32. The normalized spacial score (nSPS) is 16.4. The van der Waals surface area contributed by atoms with Gasteiger partial charge in [0.05, 0.1) is 11.6 Å². The van der Waals surface area contributed by atoms with Crippen molar-refractivity contribution in [3.8, 4) is 17.2 Å². The molecule has 29 heavy (non-hydrogen) atoms. The Hall–Kier alpha value is -3.24. The average molecular weight is 391 g/mol. The minimum atomic E-state index is -0.860. The number of carbonyl (C=O) groups excluding carboxylic acids is 2. The molecular weight excluding hydrogens is 366 g/mol. The molecule has 1 aliphatic rings. The van der Waals surface area contributed by atoms with Crippen LogP contribution >= 0.6 is 0 Å². The average Bonchev–Trinajstić information content (AvgIpc) is 2.74. The number of nitrogens with zero attached hydrogens (tertiary/aromatic N) is 2. The Kier molecular flexibility index (Phi) is 6.25. The van der Waals surface area contributed by atoms with E-state index in [1.54, 1.807) is 18.3 Å². The molecule has 1 saturated carbocycles. The molecule has 1 heterocycles. The lowest BCUT2D eigenvalue weighted by atomic mass is 9.81. The van der Waals surface area contributed by atoms with Gasteiger partial charge in [-0.3, -0.25) is 14.6 Å². The molecule has 0 saturated heterocycles. The van der Waals surface area contributed by atoms with Gasteiger partial charge in [-0.05, 0) is 30.0 Å². The first-order chi connectivity index (χ1) is 13.9. The van der Waals surface area contributed by atoms with E-state index in [0.717, 1.165) is 36.0 Å². The molecule has 7 nitrogen and oxygen atoms in total. The number of rotatable bonds is 6. The van der Waals surface area contributed by atoms with Crippen LogP contribution in [-0.4, -0.2) is 28.4 Å². The quantitative estimate of drug-likeness (QED) is 0.693. The zero-order chi connectivity index (χ0) is 20.9. The van der Waals surface area contributed by atoms with Crippen LogP contribution in [0.3, 0.4) is 0 Å². The Bertz CT molecular complexity index is 910. The van der Waals surface area contributed by atoms with E-state index in [1.807, 2.05) is 24.3 Å². The van der Waals surface area contributed by atoms with Crippen molar-refractivity contribution in [2.24, 2.45) is 11.5 Å². The van der Waals surface area contributed by atoms with Gasteiger partial charge in [-0.1, -0.05) is 49.6 Å².